The molecule has 2 heterocycles. The van der Waals surface area contributed by atoms with Crippen molar-refractivity contribution in [2.45, 2.75) is 56.0 Å². The number of carboxylic acid groups (broad SMARTS) is 1. The summed E-state index contributed by atoms with van der Waals surface area (Å²) in [6.07, 6.45) is 1.65. The summed E-state index contributed by atoms with van der Waals surface area (Å²) in [5.41, 5.74) is 3.04. The maximum absolute atomic E-state index is 15.4. The summed E-state index contributed by atoms with van der Waals surface area (Å²) in [7, 11) is 0. The lowest BCUT2D eigenvalue weighted by molar-refractivity contribution is 0.0694. The lowest BCUT2D eigenvalue weighted by Crippen LogP contribution is -2.53. The Kier molecular flexibility index (Phi) is 3.88. The number of carbonyl (C=O) groups is 1. The molecule has 2 saturated carbocycles. The van der Waals surface area contributed by atoms with Crippen LogP contribution in [0.3, 0.4) is 0 Å². The molecule has 5 rings (SSSR count). The zero-order valence-corrected chi connectivity index (χ0v) is 16.4. The second kappa shape index (κ2) is 6.00. The van der Waals surface area contributed by atoms with Crippen LogP contribution in [0.15, 0.2) is 17.1 Å². The number of hydrogen-bond acceptors (Lipinski definition) is 4. The van der Waals surface area contributed by atoms with Crippen molar-refractivity contribution in [3.8, 4) is 0 Å². The molecule has 30 heavy (non-hydrogen) atoms. The van der Waals surface area contributed by atoms with Gasteiger partial charge in [-0.15, -0.1) is 0 Å². The molecule has 160 valence electrons. The maximum Gasteiger partial charge on any atom is 0.341 e. The van der Waals surface area contributed by atoms with Crippen LogP contribution in [-0.4, -0.2) is 46.1 Å². The summed E-state index contributed by atoms with van der Waals surface area (Å²) < 4.78 is 45.9. The smallest absolute Gasteiger partial charge is 0.341 e. The minimum absolute atomic E-state index is 0.0562. The van der Waals surface area contributed by atoms with Crippen LogP contribution in [0.2, 0.25) is 0 Å². The Labute approximate surface area is 170 Å². The van der Waals surface area contributed by atoms with Gasteiger partial charge in [0.1, 0.15) is 23.2 Å². The SMILES string of the molecule is Cc1c(N2C[C@@]3(N)CCC[C@@]3(F)C2)c(F)cc2c(=O)c(C(=O)O)cn([C@@H]3C[C@@H]3F)c12. The highest BCUT2D eigenvalue weighted by molar-refractivity contribution is 5.95. The minimum Gasteiger partial charge on any atom is -0.477 e. The molecule has 0 amide bonds. The first-order valence-corrected chi connectivity index (χ1v) is 10.0. The molecule has 2 aromatic rings. The zero-order chi connectivity index (χ0) is 21.6. The first-order valence-electron chi connectivity index (χ1n) is 10.0. The van der Waals surface area contributed by atoms with Crippen molar-refractivity contribution in [2.24, 2.45) is 5.73 Å². The number of carboxylic acids is 1. The molecule has 0 bridgehead atoms. The number of aromatic nitrogens is 1. The molecule has 1 aromatic heterocycles. The number of aryl methyl sites for hydroxylation is 1. The van der Waals surface area contributed by atoms with Crippen LogP contribution in [0.25, 0.3) is 10.9 Å². The quantitative estimate of drug-likeness (QED) is 0.796. The summed E-state index contributed by atoms with van der Waals surface area (Å²) in [4.78, 5) is 25.8. The first kappa shape index (κ1) is 19.4. The molecule has 1 aliphatic heterocycles. The van der Waals surface area contributed by atoms with Crippen molar-refractivity contribution in [3.05, 3.63) is 39.4 Å². The van der Waals surface area contributed by atoms with Crippen LogP contribution in [0.1, 0.15) is 47.6 Å². The van der Waals surface area contributed by atoms with Gasteiger partial charge in [-0.3, -0.25) is 4.79 Å². The number of benzene rings is 1. The van der Waals surface area contributed by atoms with Crippen LogP contribution in [0, 0.1) is 12.7 Å². The van der Waals surface area contributed by atoms with E-state index in [0.29, 0.717) is 24.8 Å². The molecular weight excluding hydrogens is 399 g/mol. The highest BCUT2D eigenvalue weighted by Gasteiger charge is 2.60. The molecule has 3 N–H and O–H groups in total. The van der Waals surface area contributed by atoms with Gasteiger partial charge in [-0.05, 0) is 37.8 Å². The standard InChI is InChI=1S/C21H22F3N3O3/c1-10-16-11(18(28)12(19(29)30)7-27(16)15-6-13(15)22)5-14(23)17(10)26-8-20(24)3-2-4-21(20,25)9-26/h5,7,13,15H,2-4,6,8-9,25H2,1H3,(H,29,30)/t13-,15+,20+,21-/m0/s1. The number of hydrogen-bond donors (Lipinski definition) is 2. The molecule has 1 saturated heterocycles. The van der Waals surface area contributed by atoms with Gasteiger partial charge in [-0.1, -0.05) is 0 Å². The van der Waals surface area contributed by atoms with Crippen molar-refractivity contribution >= 4 is 22.6 Å². The number of rotatable bonds is 3. The second-order valence-electron chi connectivity index (χ2n) is 8.96. The monoisotopic (exact) mass is 421 g/mol. The van der Waals surface area contributed by atoms with Crippen LogP contribution in [-0.2, 0) is 0 Å². The molecule has 9 heteroatoms. The van der Waals surface area contributed by atoms with E-state index in [-0.39, 0.29) is 36.1 Å². The predicted molar refractivity (Wildman–Crippen MR) is 105 cm³/mol. The average molecular weight is 421 g/mol. The Morgan fingerprint density at radius 3 is 2.63 bits per heavy atom. The van der Waals surface area contributed by atoms with E-state index in [1.165, 1.54) is 4.57 Å². The number of pyridine rings is 1. The molecule has 0 unspecified atom stereocenters. The number of anilines is 1. The normalized spacial score (nSPS) is 32.6. The Hall–Kier alpha value is -2.55. The van der Waals surface area contributed by atoms with Crippen LogP contribution in [0.4, 0.5) is 18.9 Å². The lowest BCUT2D eigenvalue weighted by Gasteiger charge is -2.27. The largest absolute Gasteiger partial charge is 0.477 e. The van der Waals surface area contributed by atoms with E-state index in [1.807, 2.05) is 0 Å². The Bertz CT molecular complexity index is 1150. The number of aromatic carboxylic acids is 1. The van der Waals surface area contributed by atoms with Gasteiger partial charge in [0.25, 0.3) is 0 Å². The molecule has 0 radical (unpaired) electrons. The zero-order valence-electron chi connectivity index (χ0n) is 16.4. The molecular formula is C21H22F3N3O3. The molecule has 6 nitrogen and oxygen atoms in total. The van der Waals surface area contributed by atoms with Gasteiger partial charge in [-0.2, -0.15) is 0 Å². The lowest BCUT2D eigenvalue weighted by atomic mass is 9.89. The number of halogens is 3. The van der Waals surface area contributed by atoms with E-state index >= 15 is 8.78 Å². The third-order valence-electron chi connectivity index (χ3n) is 7.07. The number of fused-ring (bicyclic) bond motifs is 2. The number of nitrogens with zero attached hydrogens (tertiary/aromatic N) is 2. The van der Waals surface area contributed by atoms with Crippen molar-refractivity contribution in [1.82, 2.24) is 4.57 Å². The van der Waals surface area contributed by atoms with Gasteiger partial charge in [0.2, 0.25) is 5.43 Å². The van der Waals surface area contributed by atoms with E-state index in [2.05, 4.69) is 0 Å². The molecule has 0 spiro atoms. The summed E-state index contributed by atoms with van der Waals surface area (Å²) in [6, 6.07) is 0.371. The van der Waals surface area contributed by atoms with E-state index < -0.39 is 46.2 Å². The number of nitrogens with two attached hydrogens (primary N) is 1. The van der Waals surface area contributed by atoms with Gasteiger partial charge in [-0.25, -0.2) is 18.0 Å². The van der Waals surface area contributed by atoms with E-state index in [1.54, 1.807) is 11.8 Å². The molecule has 4 atom stereocenters. The predicted octanol–water partition coefficient (Wildman–Crippen LogP) is 2.84. The Morgan fingerprint density at radius 2 is 2.03 bits per heavy atom. The van der Waals surface area contributed by atoms with Crippen molar-refractivity contribution in [1.29, 1.82) is 0 Å². The number of alkyl halides is 2. The minimum atomic E-state index is -1.62. The van der Waals surface area contributed by atoms with Crippen molar-refractivity contribution in [2.75, 3.05) is 18.0 Å². The van der Waals surface area contributed by atoms with Crippen molar-refractivity contribution < 1.29 is 23.1 Å². The maximum atomic E-state index is 15.4. The van der Waals surface area contributed by atoms with Crippen LogP contribution in [0.5, 0.6) is 0 Å². The second-order valence-corrected chi connectivity index (χ2v) is 8.96. The van der Waals surface area contributed by atoms with Gasteiger partial charge < -0.3 is 20.3 Å². The highest BCUT2D eigenvalue weighted by atomic mass is 19.1. The fourth-order valence-corrected chi connectivity index (χ4v) is 5.38. The van der Waals surface area contributed by atoms with Crippen molar-refractivity contribution in [3.63, 3.8) is 0 Å². The third-order valence-corrected chi connectivity index (χ3v) is 7.07. The van der Waals surface area contributed by atoms with E-state index in [9.17, 15) is 19.1 Å². The van der Waals surface area contributed by atoms with Gasteiger partial charge in [0.15, 0.2) is 0 Å². The topological polar surface area (TPSA) is 88.6 Å². The summed E-state index contributed by atoms with van der Waals surface area (Å²) in [5, 5.41) is 9.25. The summed E-state index contributed by atoms with van der Waals surface area (Å²) in [5.74, 6) is -2.20. The fraction of sp³-hybridized carbons (Fsp3) is 0.524. The summed E-state index contributed by atoms with van der Waals surface area (Å²) >= 11 is 0. The molecule has 2 aliphatic carbocycles. The summed E-state index contributed by atoms with van der Waals surface area (Å²) in [6.45, 7) is 1.67. The Balaban J connectivity index is 1.73. The third kappa shape index (κ3) is 2.47. The molecule has 3 aliphatic rings. The van der Waals surface area contributed by atoms with E-state index in [4.69, 9.17) is 5.73 Å². The highest BCUT2D eigenvalue weighted by Crippen LogP contribution is 2.49. The molecule has 1 aromatic carbocycles. The van der Waals surface area contributed by atoms with Gasteiger partial charge in [0, 0.05) is 24.5 Å². The average Bonchev–Trinajstić information content (AvgIpc) is 3.22. The van der Waals surface area contributed by atoms with E-state index in [0.717, 1.165) is 12.3 Å². The molecule has 3 fully saturated rings. The van der Waals surface area contributed by atoms with Crippen LogP contribution < -0.4 is 16.1 Å². The first-order chi connectivity index (χ1) is 14.1. The Morgan fingerprint density at radius 1 is 1.33 bits per heavy atom. The fourth-order valence-electron chi connectivity index (χ4n) is 5.38. The van der Waals surface area contributed by atoms with Crippen LogP contribution >= 0.6 is 0 Å². The van der Waals surface area contributed by atoms with Gasteiger partial charge in [0.05, 0.1) is 29.3 Å². The van der Waals surface area contributed by atoms with Gasteiger partial charge >= 0.3 is 5.97 Å².